The third-order valence-electron chi connectivity index (χ3n) is 2.80. The van der Waals surface area contributed by atoms with E-state index in [0.29, 0.717) is 17.1 Å². The predicted octanol–water partition coefficient (Wildman–Crippen LogP) is 4.50. The molecule has 0 aliphatic rings. The summed E-state index contributed by atoms with van der Waals surface area (Å²) in [5.41, 5.74) is 2.27. The maximum absolute atomic E-state index is 11.7. The highest BCUT2D eigenvalue weighted by molar-refractivity contribution is 9.10. The van der Waals surface area contributed by atoms with Crippen LogP contribution in [-0.2, 0) is 11.3 Å². The summed E-state index contributed by atoms with van der Waals surface area (Å²) in [5.74, 6) is -0.359. The molecule has 0 atom stereocenters. The van der Waals surface area contributed by atoms with Gasteiger partial charge in [0.1, 0.15) is 0 Å². The maximum Gasteiger partial charge on any atom is 0.339 e. The molecule has 5 heteroatoms. The molecule has 2 aromatic rings. The molecule has 2 rings (SSSR count). The Hall–Kier alpha value is -1.52. The number of rotatable bonds is 4. The number of esters is 1. The molecule has 0 unspecified atom stereocenters. The predicted molar refractivity (Wildman–Crippen MR) is 84.3 cm³/mol. The van der Waals surface area contributed by atoms with Crippen LogP contribution in [0.5, 0.6) is 0 Å². The molecular weight excluding hydrogens is 342 g/mol. The Labute approximate surface area is 131 Å². The van der Waals surface area contributed by atoms with Crippen LogP contribution in [0.15, 0.2) is 46.9 Å². The molecule has 0 saturated carbocycles. The quantitative estimate of drug-likeness (QED) is 0.822. The number of nitrogens with one attached hydrogen (secondary N) is 1. The summed E-state index contributed by atoms with van der Waals surface area (Å²) >= 11 is 9.40. The molecule has 0 spiro atoms. The molecule has 20 heavy (non-hydrogen) atoms. The second-order valence-corrected chi connectivity index (χ2v) is 5.40. The first-order valence-electron chi connectivity index (χ1n) is 5.97. The van der Waals surface area contributed by atoms with Gasteiger partial charge >= 0.3 is 5.97 Å². The fourth-order valence-corrected chi connectivity index (χ4v) is 2.22. The monoisotopic (exact) mass is 353 g/mol. The second kappa shape index (κ2) is 6.77. The Morgan fingerprint density at radius 3 is 2.75 bits per heavy atom. The standard InChI is InChI=1S/C15H13BrClNO2/c1-20-15(19)11-4-2-3-5-14(11)18-9-10-6-7-12(16)13(17)8-10/h2-8,18H,9H2,1H3. The molecule has 0 radical (unpaired) electrons. The van der Waals surface area contributed by atoms with Crippen LogP contribution < -0.4 is 5.32 Å². The maximum atomic E-state index is 11.7. The smallest absolute Gasteiger partial charge is 0.339 e. The lowest BCUT2D eigenvalue weighted by Gasteiger charge is -2.11. The molecule has 1 N–H and O–H groups in total. The van der Waals surface area contributed by atoms with Crippen LogP contribution in [0, 0.1) is 0 Å². The molecule has 0 saturated heterocycles. The van der Waals surface area contributed by atoms with Gasteiger partial charge in [-0.3, -0.25) is 0 Å². The molecule has 0 bridgehead atoms. The van der Waals surface area contributed by atoms with Crippen LogP contribution in [0.3, 0.4) is 0 Å². The number of para-hydroxylation sites is 1. The third-order valence-corrected chi connectivity index (χ3v) is 4.03. The lowest BCUT2D eigenvalue weighted by molar-refractivity contribution is 0.0602. The van der Waals surface area contributed by atoms with Crippen LogP contribution in [0.4, 0.5) is 5.69 Å². The first kappa shape index (κ1) is 14.9. The van der Waals surface area contributed by atoms with E-state index < -0.39 is 0 Å². The van der Waals surface area contributed by atoms with E-state index >= 15 is 0 Å². The van der Waals surface area contributed by atoms with Gasteiger partial charge in [0.15, 0.2) is 0 Å². The average Bonchev–Trinajstić information content (AvgIpc) is 2.48. The van der Waals surface area contributed by atoms with Crippen molar-refractivity contribution in [3.63, 3.8) is 0 Å². The summed E-state index contributed by atoms with van der Waals surface area (Å²) in [6.07, 6.45) is 0. The first-order chi connectivity index (χ1) is 9.61. The molecule has 0 aliphatic heterocycles. The van der Waals surface area contributed by atoms with Gasteiger partial charge in [-0.25, -0.2) is 4.79 Å². The van der Waals surface area contributed by atoms with Gasteiger partial charge in [-0.15, -0.1) is 0 Å². The first-order valence-corrected chi connectivity index (χ1v) is 7.14. The van der Waals surface area contributed by atoms with Crippen molar-refractivity contribution in [1.82, 2.24) is 0 Å². The number of anilines is 1. The highest BCUT2D eigenvalue weighted by Crippen LogP contribution is 2.24. The number of benzene rings is 2. The van der Waals surface area contributed by atoms with Crippen LogP contribution in [0.25, 0.3) is 0 Å². The fourth-order valence-electron chi connectivity index (χ4n) is 1.77. The molecule has 104 valence electrons. The molecule has 2 aromatic carbocycles. The van der Waals surface area contributed by atoms with Crippen molar-refractivity contribution in [1.29, 1.82) is 0 Å². The molecule has 0 amide bonds. The Bertz CT molecular complexity index is 631. The normalized spacial score (nSPS) is 10.2. The van der Waals surface area contributed by atoms with Crippen LogP contribution in [-0.4, -0.2) is 13.1 Å². The van der Waals surface area contributed by atoms with Gasteiger partial charge in [-0.1, -0.05) is 29.8 Å². The van der Waals surface area contributed by atoms with E-state index in [1.165, 1.54) is 7.11 Å². The van der Waals surface area contributed by atoms with Crippen molar-refractivity contribution in [3.8, 4) is 0 Å². The topological polar surface area (TPSA) is 38.3 Å². The third kappa shape index (κ3) is 3.52. The Kier molecular flexibility index (Phi) is 5.04. The zero-order chi connectivity index (χ0) is 14.5. The molecular formula is C15H13BrClNO2. The lowest BCUT2D eigenvalue weighted by atomic mass is 10.1. The zero-order valence-electron chi connectivity index (χ0n) is 10.8. The van der Waals surface area contributed by atoms with E-state index in [-0.39, 0.29) is 5.97 Å². The summed E-state index contributed by atoms with van der Waals surface area (Å²) in [7, 11) is 1.37. The van der Waals surface area contributed by atoms with E-state index in [9.17, 15) is 4.79 Å². The number of methoxy groups -OCH3 is 1. The Balaban J connectivity index is 2.14. The summed E-state index contributed by atoms with van der Waals surface area (Å²) < 4.78 is 5.62. The highest BCUT2D eigenvalue weighted by atomic mass is 79.9. The van der Waals surface area contributed by atoms with Gasteiger partial charge in [0.2, 0.25) is 0 Å². The van der Waals surface area contributed by atoms with Gasteiger partial charge in [0.25, 0.3) is 0 Å². The van der Waals surface area contributed by atoms with Crippen LogP contribution in [0.1, 0.15) is 15.9 Å². The van der Waals surface area contributed by atoms with Crippen molar-refractivity contribution in [3.05, 3.63) is 63.1 Å². The minimum absolute atomic E-state index is 0.359. The van der Waals surface area contributed by atoms with Gasteiger partial charge in [-0.05, 0) is 45.8 Å². The molecule has 0 aliphatic carbocycles. The SMILES string of the molecule is COC(=O)c1ccccc1NCc1ccc(Br)c(Cl)c1. The zero-order valence-corrected chi connectivity index (χ0v) is 13.2. The van der Waals surface area contributed by atoms with Gasteiger partial charge < -0.3 is 10.1 Å². The lowest BCUT2D eigenvalue weighted by Crippen LogP contribution is -2.08. The van der Waals surface area contributed by atoms with E-state index in [0.717, 1.165) is 15.7 Å². The molecule has 0 heterocycles. The van der Waals surface area contributed by atoms with Gasteiger partial charge in [0.05, 0.1) is 17.7 Å². The van der Waals surface area contributed by atoms with Crippen LogP contribution in [0.2, 0.25) is 5.02 Å². The molecule has 0 fully saturated rings. The minimum atomic E-state index is -0.359. The van der Waals surface area contributed by atoms with E-state index in [1.54, 1.807) is 12.1 Å². The van der Waals surface area contributed by atoms with Crippen molar-refractivity contribution in [2.24, 2.45) is 0 Å². The van der Waals surface area contributed by atoms with Crippen LogP contribution >= 0.6 is 27.5 Å². The highest BCUT2D eigenvalue weighted by Gasteiger charge is 2.10. The van der Waals surface area contributed by atoms with E-state index in [2.05, 4.69) is 21.2 Å². The number of carbonyl (C=O) groups excluding carboxylic acids is 1. The Morgan fingerprint density at radius 2 is 2.05 bits per heavy atom. The second-order valence-electron chi connectivity index (χ2n) is 4.14. The van der Waals surface area contributed by atoms with Gasteiger partial charge in [-0.2, -0.15) is 0 Å². The number of carbonyl (C=O) groups is 1. The summed E-state index contributed by atoms with van der Waals surface area (Å²) in [4.78, 5) is 11.7. The van der Waals surface area contributed by atoms with Crippen molar-refractivity contribution >= 4 is 39.2 Å². The minimum Gasteiger partial charge on any atom is -0.465 e. The number of hydrogen-bond donors (Lipinski definition) is 1. The van der Waals surface area contributed by atoms with Crippen molar-refractivity contribution in [2.45, 2.75) is 6.54 Å². The number of ether oxygens (including phenoxy) is 1. The van der Waals surface area contributed by atoms with Crippen molar-refractivity contribution in [2.75, 3.05) is 12.4 Å². The van der Waals surface area contributed by atoms with E-state index in [4.69, 9.17) is 16.3 Å². The van der Waals surface area contributed by atoms with E-state index in [1.807, 2.05) is 30.3 Å². The summed E-state index contributed by atoms with van der Waals surface area (Å²) in [6.45, 7) is 0.570. The molecule has 0 aromatic heterocycles. The largest absolute Gasteiger partial charge is 0.465 e. The Morgan fingerprint density at radius 1 is 1.30 bits per heavy atom. The summed E-state index contributed by atoms with van der Waals surface area (Å²) in [5, 5.41) is 3.87. The van der Waals surface area contributed by atoms with Crippen molar-refractivity contribution < 1.29 is 9.53 Å². The number of hydrogen-bond acceptors (Lipinski definition) is 3. The average molecular weight is 355 g/mol. The molecule has 3 nitrogen and oxygen atoms in total. The summed E-state index contributed by atoms with van der Waals surface area (Å²) in [6, 6.07) is 13.0. The number of halogens is 2. The fraction of sp³-hybridized carbons (Fsp3) is 0.133. The van der Waals surface area contributed by atoms with Gasteiger partial charge in [0, 0.05) is 16.7 Å².